The molecule has 2 aromatic carbocycles. The van der Waals surface area contributed by atoms with E-state index in [1.54, 1.807) is 0 Å². The van der Waals surface area contributed by atoms with Crippen LogP contribution in [-0.2, 0) is 9.47 Å². The van der Waals surface area contributed by atoms with E-state index in [4.69, 9.17) is 19.9 Å². The van der Waals surface area contributed by atoms with Crippen molar-refractivity contribution in [3.8, 4) is 23.6 Å². The number of amidine groups is 1. The zero-order valence-electron chi connectivity index (χ0n) is 14.8. The van der Waals surface area contributed by atoms with Crippen LogP contribution in [-0.4, -0.2) is 25.0 Å². The summed E-state index contributed by atoms with van der Waals surface area (Å²) in [7, 11) is 0. The van der Waals surface area contributed by atoms with Crippen LogP contribution in [0.4, 0.5) is 0 Å². The third-order valence-corrected chi connectivity index (χ3v) is 5.78. The van der Waals surface area contributed by atoms with Crippen molar-refractivity contribution in [3.05, 3.63) is 60.2 Å². The van der Waals surface area contributed by atoms with E-state index in [1.807, 2.05) is 54.6 Å². The molecule has 1 spiro atoms. The van der Waals surface area contributed by atoms with E-state index in [0.717, 1.165) is 5.56 Å². The van der Waals surface area contributed by atoms with Crippen molar-refractivity contribution in [2.45, 2.75) is 11.8 Å². The van der Waals surface area contributed by atoms with Crippen molar-refractivity contribution in [2.75, 3.05) is 13.2 Å². The number of fused-ring (bicyclic) bond motifs is 2. The van der Waals surface area contributed by atoms with Gasteiger partial charge in [0.2, 0.25) is 0 Å². The Morgan fingerprint density at radius 1 is 1.00 bits per heavy atom. The van der Waals surface area contributed by atoms with Gasteiger partial charge in [-0.15, -0.1) is 0 Å². The second-order valence-electron chi connectivity index (χ2n) is 7.04. The summed E-state index contributed by atoms with van der Waals surface area (Å²) < 4.78 is 17.4. The fourth-order valence-electron chi connectivity index (χ4n) is 4.60. The predicted octanol–water partition coefficient (Wildman–Crippen LogP) is 2.67. The van der Waals surface area contributed by atoms with Gasteiger partial charge in [0, 0.05) is 5.92 Å². The molecule has 1 saturated carbocycles. The number of nitrogens with zero attached hydrogens (tertiary/aromatic N) is 3. The lowest BCUT2D eigenvalue weighted by molar-refractivity contribution is -0.184. The first-order chi connectivity index (χ1) is 13.6. The molecule has 28 heavy (non-hydrogen) atoms. The maximum absolute atomic E-state index is 10.1. The molecule has 0 amide bonds. The summed E-state index contributed by atoms with van der Waals surface area (Å²) in [6.45, 7) is 0.594. The standard InChI is InChI=1S/C21H16N4O3/c22-12-19-17(20(19,13-23)21(25-18(19)24)26-9-10-27-21)14-5-4-8-16(11-14)28-15-6-2-1-3-7-15/h1-8,11,17H,9-10H2,(H2,24,25). The molecule has 1 saturated heterocycles. The van der Waals surface area contributed by atoms with Crippen LogP contribution in [0.2, 0.25) is 0 Å². The van der Waals surface area contributed by atoms with Crippen LogP contribution >= 0.6 is 0 Å². The van der Waals surface area contributed by atoms with Gasteiger partial charge < -0.3 is 19.9 Å². The first-order valence-corrected chi connectivity index (χ1v) is 8.93. The van der Waals surface area contributed by atoms with Crippen molar-refractivity contribution in [3.63, 3.8) is 0 Å². The Morgan fingerprint density at radius 2 is 1.71 bits per heavy atom. The van der Waals surface area contributed by atoms with Gasteiger partial charge in [0.15, 0.2) is 5.41 Å². The molecule has 0 bridgehead atoms. The minimum Gasteiger partial charge on any atom is -0.457 e. The predicted molar refractivity (Wildman–Crippen MR) is 98.0 cm³/mol. The normalized spacial score (nSPS) is 31.5. The number of nitriles is 2. The smallest absolute Gasteiger partial charge is 0.293 e. The van der Waals surface area contributed by atoms with Crippen molar-refractivity contribution in [1.82, 2.24) is 0 Å². The molecule has 3 unspecified atom stereocenters. The second kappa shape index (κ2) is 5.56. The lowest BCUT2D eigenvalue weighted by Crippen LogP contribution is -2.38. The number of benzene rings is 2. The minimum atomic E-state index is -1.53. The molecule has 1 aliphatic carbocycles. The Balaban J connectivity index is 1.58. The van der Waals surface area contributed by atoms with Gasteiger partial charge in [-0.2, -0.15) is 10.5 Å². The van der Waals surface area contributed by atoms with Crippen LogP contribution in [0, 0.1) is 33.5 Å². The number of aliphatic imine (C=N–C) groups is 1. The average Bonchev–Trinajstić information content (AvgIpc) is 2.98. The van der Waals surface area contributed by atoms with Crippen LogP contribution in [0.3, 0.4) is 0 Å². The Labute approximate surface area is 161 Å². The summed E-state index contributed by atoms with van der Waals surface area (Å²) in [5.41, 5.74) is 4.31. The molecule has 5 rings (SSSR count). The summed E-state index contributed by atoms with van der Waals surface area (Å²) >= 11 is 0. The van der Waals surface area contributed by atoms with Gasteiger partial charge in [0.05, 0.1) is 25.4 Å². The molecule has 3 aliphatic rings. The highest BCUT2D eigenvalue weighted by Crippen LogP contribution is 2.82. The first kappa shape index (κ1) is 16.8. The quantitative estimate of drug-likeness (QED) is 0.886. The highest BCUT2D eigenvalue weighted by molar-refractivity contribution is 6.00. The zero-order chi connectivity index (χ0) is 19.4. The van der Waals surface area contributed by atoms with E-state index in [2.05, 4.69) is 17.1 Å². The fourth-order valence-corrected chi connectivity index (χ4v) is 4.60. The van der Waals surface area contributed by atoms with E-state index in [-0.39, 0.29) is 5.84 Å². The molecule has 0 aromatic heterocycles. The second-order valence-corrected chi connectivity index (χ2v) is 7.04. The van der Waals surface area contributed by atoms with Gasteiger partial charge in [-0.3, -0.25) is 0 Å². The van der Waals surface area contributed by atoms with Crippen LogP contribution in [0.25, 0.3) is 0 Å². The van der Waals surface area contributed by atoms with Crippen molar-refractivity contribution >= 4 is 5.84 Å². The fraction of sp³-hybridized carbons (Fsp3) is 0.286. The van der Waals surface area contributed by atoms with Crippen molar-refractivity contribution in [1.29, 1.82) is 10.5 Å². The van der Waals surface area contributed by atoms with Crippen LogP contribution in [0.15, 0.2) is 59.6 Å². The van der Waals surface area contributed by atoms with E-state index in [1.165, 1.54) is 0 Å². The van der Waals surface area contributed by atoms with Crippen molar-refractivity contribution in [2.24, 2.45) is 21.6 Å². The Kier molecular flexibility index (Phi) is 3.33. The minimum absolute atomic E-state index is 0.0813. The Bertz CT molecular complexity index is 1070. The summed E-state index contributed by atoms with van der Waals surface area (Å²) in [6, 6.07) is 21.2. The number of hydrogen-bond donors (Lipinski definition) is 1. The molecule has 138 valence electrons. The number of rotatable bonds is 3. The first-order valence-electron chi connectivity index (χ1n) is 8.93. The summed E-state index contributed by atoms with van der Waals surface area (Å²) in [5, 5.41) is 20.1. The highest BCUT2D eigenvalue weighted by Gasteiger charge is 2.94. The molecule has 2 aliphatic heterocycles. The molecule has 7 nitrogen and oxygen atoms in total. The average molecular weight is 372 g/mol. The zero-order valence-corrected chi connectivity index (χ0v) is 14.8. The highest BCUT2D eigenvalue weighted by atomic mass is 16.8. The van der Waals surface area contributed by atoms with Crippen LogP contribution in [0.1, 0.15) is 11.5 Å². The van der Waals surface area contributed by atoms with Crippen LogP contribution in [0.5, 0.6) is 11.5 Å². The third-order valence-electron chi connectivity index (χ3n) is 5.78. The molecule has 0 radical (unpaired) electrons. The molecular weight excluding hydrogens is 356 g/mol. The van der Waals surface area contributed by atoms with Gasteiger partial charge in [-0.25, -0.2) is 4.99 Å². The van der Waals surface area contributed by atoms with E-state index in [9.17, 15) is 10.5 Å². The Hall–Kier alpha value is -3.39. The molecular formula is C21H16N4O3. The third kappa shape index (κ3) is 1.80. The van der Waals surface area contributed by atoms with E-state index < -0.39 is 22.7 Å². The molecule has 2 aromatic rings. The molecule has 2 N–H and O–H groups in total. The van der Waals surface area contributed by atoms with Crippen LogP contribution < -0.4 is 10.5 Å². The lowest BCUT2D eigenvalue weighted by Gasteiger charge is -2.25. The van der Waals surface area contributed by atoms with E-state index >= 15 is 0 Å². The van der Waals surface area contributed by atoms with Gasteiger partial charge in [0.25, 0.3) is 5.91 Å². The molecule has 7 heteroatoms. The SMILES string of the molecule is N#CC12C(N)=NC3(OCCO3)C1(C#N)C2c1cccc(Oc2ccccc2)c1. The molecule has 2 fully saturated rings. The number of nitrogens with two attached hydrogens (primary N) is 1. The van der Waals surface area contributed by atoms with E-state index in [0.29, 0.717) is 24.7 Å². The molecule has 3 atom stereocenters. The largest absolute Gasteiger partial charge is 0.457 e. The molecule has 2 heterocycles. The van der Waals surface area contributed by atoms with Gasteiger partial charge in [-0.1, -0.05) is 30.3 Å². The van der Waals surface area contributed by atoms with Gasteiger partial charge in [0.1, 0.15) is 22.7 Å². The summed E-state index contributed by atoms with van der Waals surface area (Å²) in [5.74, 6) is -0.668. The monoisotopic (exact) mass is 372 g/mol. The lowest BCUT2D eigenvalue weighted by atomic mass is 9.94. The maximum Gasteiger partial charge on any atom is 0.293 e. The number of ether oxygens (including phenoxy) is 3. The number of para-hydroxylation sites is 1. The maximum atomic E-state index is 10.1. The Morgan fingerprint density at radius 3 is 2.39 bits per heavy atom. The summed E-state index contributed by atoms with van der Waals surface area (Å²) in [6.07, 6.45) is 0. The van der Waals surface area contributed by atoms with Gasteiger partial charge in [-0.05, 0) is 29.8 Å². The van der Waals surface area contributed by atoms with Crippen molar-refractivity contribution < 1.29 is 14.2 Å². The summed E-state index contributed by atoms with van der Waals surface area (Å²) in [4.78, 5) is 4.28. The number of hydrogen-bond acceptors (Lipinski definition) is 7. The topological polar surface area (TPSA) is 114 Å². The van der Waals surface area contributed by atoms with Gasteiger partial charge >= 0.3 is 0 Å².